The number of hydrogen-bond donors (Lipinski definition) is 1. The third-order valence-corrected chi connectivity index (χ3v) is 11.0. The molecule has 3 fully saturated rings. The molecule has 5 nitrogen and oxygen atoms in total. The second kappa shape index (κ2) is 9.29. The number of allylic oxidation sites excluding steroid dienone is 4. The number of fused-ring (bicyclic) bond motifs is 5. The van der Waals surface area contributed by atoms with Crippen LogP contribution in [0.15, 0.2) is 34.9 Å². The molecule has 0 aromatic rings. The minimum Gasteiger partial charge on any atom is -0.478 e. The number of carboxylic acid groups (broad SMARTS) is 1. The maximum Gasteiger partial charge on any atom is 0.331 e. The summed E-state index contributed by atoms with van der Waals surface area (Å²) in [7, 11) is 0. The molecule has 4 rings (SSSR count). The number of rotatable bonds is 5. The second-order valence-electron chi connectivity index (χ2n) is 12.9. The van der Waals surface area contributed by atoms with E-state index in [-0.39, 0.29) is 39.8 Å². The van der Waals surface area contributed by atoms with Gasteiger partial charge in [-0.05, 0) is 104 Å². The molecule has 5 heteroatoms. The summed E-state index contributed by atoms with van der Waals surface area (Å²) in [6.45, 7) is 14.6. The summed E-state index contributed by atoms with van der Waals surface area (Å²) in [6.07, 6.45) is 11.3. The lowest BCUT2D eigenvalue weighted by Gasteiger charge is -2.66. The Morgan fingerprint density at radius 2 is 1.81 bits per heavy atom. The van der Waals surface area contributed by atoms with E-state index in [0.717, 1.165) is 31.3 Å². The zero-order valence-electron chi connectivity index (χ0n) is 23.1. The zero-order chi connectivity index (χ0) is 26.6. The molecule has 36 heavy (non-hydrogen) atoms. The van der Waals surface area contributed by atoms with Gasteiger partial charge < -0.3 is 9.84 Å². The van der Waals surface area contributed by atoms with E-state index in [1.165, 1.54) is 12.5 Å². The van der Waals surface area contributed by atoms with Crippen LogP contribution in [0.1, 0.15) is 93.4 Å². The highest BCUT2D eigenvalue weighted by Crippen LogP contribution is 2.73. The molecular weight excluding hydrogens is 452 g/mol. The summed E-state index contributed by atoms with van der Waals surface area (Å²) < 4.78 is 5.89. The van der Waals surface area contributed by atoms with Crippen LogP contribution in [0.4, 0.5) is 0 Å². The third kappa shape index (κ3) is 4.01. The fourth-order valence-corrected chi connectivity index (χ4v) is 9.07. The molecule has 3 saturated carbocycles. The van der Waals surface area contributed by atoms with Crippen LogP contribution in [0.2, 0.25) is 0 Å². The smallest absolute Gasteiger partial charge is 0.331 e. The predicted octanol–water partition coefficient (Wildman–Crippen LogP) is 6.68. The van der Waals surface area contributed by atoms with Crippen molar-refractivity contribution in [3.05, 3.63) is 34.9 Å². The average molecular weight is 497 g/mol. The quantitative estimate of drug-likeness (QED) is 0.261. The number of carbonyl (C=O) groups is 3. The molecule has 198 valence electrons. The molecule has 1 N–H and O–H groups in total. The normalized spacial score (nSPS) is 42.6. The summed E-state index contributed by atoms with van der Waals surface area (Å²) in [5.74, 6) is -0.151. The number of esters is 1. The van der Waals surface area contributed by atoms with Gasteiger partial charge in [-0.25, -0.2) is 4.79 Å². The van der Waals surface area contributed by atoms with Crippen molar-refractivity contribution in [2.24, 2.45) is 39.9 Å². The van der Waals surface area contributed by atoms with Crippen LogP contribution in [-0.4, -0.2) is 28.9 Å². The average Bonchev–Trinajstić information content (AvgIpc) is 3.05. The van der Waals surface area contributed by atoms with Crippen LogP contribution in [0.25, 0.3) is 0 Å². The highest BCUT2D eigenvalue weighted by molar-refractivity contribution is 5.93. The molecule has 0 heterocycles. The summed E-state index contributed by atoms with van der Waals surface area (Å²) in [5.41, 5.74) is 2.17. The Balaban J connectivity index is 1.80. The lowest BCUT2D eigenvalue weighted by atomic mass is 9.38. The summed E-state index contributed by atoms with van der Waals surface area (Å²) in [5, 5.41) is 10.3. The van der Waals surface area contributed by atoms with Gasteiger partial charge in [-0.3, -0.25) is 9.59 Å². The Kier molecular flexibility index (Phi) is 6.94. The molecule has 4 aliphatic rings. The molecule has 4 aliphatic carbocycles. The first kappa shape index (κ1) is 26.9. The van der Waals surface area contributed by atoms with Gasteiger partial charge >= 0.3 is 11.9 Å². The van der Waals surface area contributed by atoms with Gasteiger partial charge in [0.25, 0.3) is 0 Å². The van der Waals surface area contributed by atoms with Crippen LogP contribution >= 0.6 is 0 Å². The molecule has 8 atom stereocenters. The van der Waals surface area contributed by atoms with Crippen molar-refractivity contribution in [2.75, 3.05) is 0 Å². The molecule has 0 spiro atoms. The minimum atomic E-state index is -0.890. The molecule has 0 aromatic heterocycles. The largest absolute Gasteiger partial charge is 0.478 e. The molecule has 0 saturated heterocycles. The number of carboxylic acids is 1. The van der Waals surface area contributed by atoms with Crippen LogP contribution in [-0.2, 0) is 19.1 Å². The Morgan fingerprint density at radius 3 is 2.42 bits per heavy atom. The fourth-order valence-electron chi connectivity index (χ4n) is 9.07. The van der Waals surface area contributed by atoms with E-state index < -0.39 is 12.1 Å². The van der Waals surface area contributed by atoms with Crippen molar-refractivity contribution in [3.63, 3.8) is 0 Å². The number of carbonyl (C=O) groups excluding carboxylic acids is 2. The van der Waals surface area contributed by atoms with Gasteiger partial charge in [0.2, 0.25) is 0 Å². The summed E-state index contributed by atoms with van der Waals surface area (Å²) in [6, 6.07) is 0. The van der Waals surface area contributed by atoms with Crippen molar-refractivity contribution in [2.45, 2.75) is 99.5 Å². The van der Waals surface area contributed by atoms with E-state index in [0.29, 0.717) is 36.7 Å². The van der Waals surface area contributed by atoms with Gasteiger partial charge in [0.05, 0.1) is 0 Å². The monoisotopic (exact) mass is 496 g/mol. The van der Waals surface area contributed by atoms with Crippen LogP contribution in [0.5, 0.6) is 0 Å². The van der Waals surface area contributed by atoms with Gasteiger partial charge in [0.1, 0.15) is 6.10 Å². The maximum absolute atomic E-state index is 12.6. The lowest BCUT2D eigenvalue weighted by Crippen LogP contribution is -2.60. The maximum atomic E-state index is 12.6. The molecule has 0 unspecified atom stereocenters. The number of aliphatic carboxylic acids is 1. The van der Waals surface area contributed by atoms with Gasteiger partial charge in [-0.15, -0.1) is 0 Å². The number of ether oxygens (including phenoxy) is 1. The lowest BCUT2D eigenvalue weighted by molar-refractivity contribution is -0.165. The minimum absolute atomic E-state index is 0.0385. The van der Waals surface area contributed by atoms with Crippen molar-refractivity contribution in [1.82, 2.24) is 0 Å². The zero-order valence-corrected chi connectivity index (χ0v) is 23.1. The molecule has 0 aliphatic heterocycles. The first-order valence-electron chi connectivity index (χ1n) is 13.8. The summed E-state index contributed by atoms with van der Waals surface area (Å²) in [4.78, 5) is 37.3. The van der Waals surface area contributed by atoms with Crippen LogP contribution < -0.4 is 0 Å². The van der Waals surface area contributed by atoms with Gasteiger partial charge in [0, 0.05) is 18.4 Å². The Morgan fingerprint density at radius 1 is 1.11 bits per heavy atom. The van der Waals surface area contributed by atoms with Crippen LogP contribution in [0.3, 0.4) is 0 Å². The SMILES string of the molecule is CC(=O)O[C@H]1C[C@@]2(C)[C@@H](CC[C@H]3[C@@]4(C)C=CC(=O)[C@@H](C)[C@@H]4CC[C@@]32C)/C1=C(\CCC=C(C)C)C(=O)O. The highest BCUT2D eigenvalue weighted by Gasteiger charge is 2.68. The first-order valence-corrected chi connectivity index (χ1v) is 13.8. The highest BCUT2D eigenvalue weighted by atomic mass is 16.5. The van der Waals surface area contributed by atoms with E-state index in [1.807, 2.05) is 19.9 Å². The Labute approximate surface area is 216 Å². The molecule has 0 amide bonds. The number of hydrogen-bond acceptors (Lipinski definition) is 4. The first-order chi connectivity index (χ1) is 16.8. The predicted molar refractivity (Wildman–Crippen MR) is 140 cm³/mol. The van der Waals surface area contributed by atoms with Gasteiger partial charge in [0.15, 0.2) is 5.78 Å². The molecule has 0 aromatic carbocycles. The van der Waals surface area contributed by atoms with Gasteiger partial charge in [-0.1, -0.05) is 45.4 Å². The summed E-state index contributed by atoms with van der Waals surface area (Å²) >= 11 is 0. The van der Waals surface area contributed by atoms with E-state index >= 15 is 0 Å². The van der Waals surface area contributed by atoms with Crippen molar-refractivity contribution < 1.29 is 24.2 Å². The van der Waals surface area contributed by atoms with Crippen molar-refractivity contribution in [3.8, 4) is 0 Å². The fraction of sp³-hybridized carbons (Fsp3) is 0.710. The standard InChI is InChI=1S/C31H44O5/c1-18(2)9-8-10-21(28(34)35)27-23-11-12-26-29(5)15-14-24(33)19(3)22(29)13-16-30(26,6)31(23,7)17-25(27)36-20(4)32/h9,14-15,19,22-23,25-26H,8,10-13,16-17H2,1-7H3,(H,34,35)/b27-21-/t19-,22-,23-,25-,26-,29-,30-,31-/m0/s1. The molecule has 0 radical (unpaired) electrons. The van der Waals surface area contributed by atoms with E-state index in [9.17, 15) is 19.5 Å². The van der Waals surface area contributed by atoms with E-state index in [2.05, 4.69) is 39.8 Å². The number of ketones is 1. The third-order valence-electron chi connectivity index (χ3n) is 11.0. The topological polar surface area (TPSA) is 80.7 Å². The Hall–Kier alpha value is -2.17. The van der Waals surface area contributed by atoms with Crippen molar-refractivity contribution >= 4 is 17.7 Å². The van der Waals surface area contributed by atoms with Crippen molar-refractivity contribution in [1.29, 1.82) is 0 Å². The van der Waals surface area contributed by atoms with Gasteiger partial charge in [-0.2, -0.15) is 0 Å². The van der Waals surface area contributed by atoms with E-state index in [1.54, 1.807) is 0 Å². The molecular formula is C31H44O5. The second-order valence-corrected chi connectivity index (χ2v) is 12.9. The van der Waals surface area contributed by atoms with Crippen LogP contribution in [0, 0.1) is 39.9 Å². The Bertz CT molecular complexity index is 1050. The molecule has 0 bridgehead atoms. The van der Waals surface area contributed by atoms with E-state index in [4.69, 9.17) is 4.74 Å².